The molecule has 0 unspecified atom stereocenters. The van der Waals surface area contributed by atoms with E-state index in [0.29, 0.717) is 5.69 Å². The fourth-order valence-electron chi connectivity index (χ4n) is 2.30. The van der Waals surface area contributed by atoms with E-state index in [0.717, 1.165) is 23.5 Å². The Bertz CT molecular complexity index is 898. The molecular weight excluding hydrogens is 331 g/mol. The van der Waals surface area contributed by atoms with Gasteiger partial charge < -0.3 is 5.32 Å². The summed E-state index contributed by atoms with van der Waals surface area (Å²) in [6.07, 6.45) is -2.68. The number of hydrogen-bond acceptors (Lipinski definition) is 2. The molecule has 0 fully saturated rings. The van der Waals surface area contributed by atoms with Crippen molar-refractivity contribution in [3.63, 3.8) is 0 Å². The van der Waals surface area contributed by atoms with Crippen molar-refractivity contribution >= 4 is 11.6 Å². The molecule has 1 amide bonds. The van der Waals surface area contributed by atoms with Crippen LogP contribution in [0.1, 0.15) is 21.6 Å². The van der Waals surface area contributed by atoms with Crippen molar-refractivity contribution in [2.75, 3.05) is 5.32 Å². The zero-order valence-corrected chi connectivity index (χ0v) is 13.2. The van der Waals surface area contributed by atoms with E-state index in [9.17, 15) is 18.0 Å². The molecule has 0 spiro atoms. The number of benzene rings is 2. The lowest BCUT2D eigenvalue weighted by molar-refractivity contribution is -0.137. The smallest absolute Gasteiger partial charge is 0.322 e. The Labute approximate surface area is 141 Å². The highest BCUT2D eigenvalue weighted by molar-refractivity contribution is 6.04. The maximum absolute atomic E-state index is 12.7. The minimum atomic E-state index is -4.49. The highest BCUT2D eigenvalue weighted by Gasteiger charge is 2.30. The summed E-state index contributed by atoms with van der Waals surface area (Å²) in [7, 11) is 0. The lowest BCUT2D eigenvalue weighted by Gasteiger charge is -2.10. The highest BCUT2D eigenvalue weighted by atomic mass is 19.4. The van der Waals surface area contributed by atoms with Crippen LogP contribution in [-0.2, 0) is 6.18 Å². The zero-order valence-electron chi connectivity index (χ0n) is 13.2. The summed E-state index contributed by atoms with van der Waals surface area (Å²) < 4.78 is 39.9. The van der Waals surface area contributed by atoms with Gasteiger partial charge in [0, 0.05) is 17.4 Å². The predicted molar refractivity (Wildman–Crippen MR) is 87.7 cm³/mol. The van der Waals surface area contributed by atoms with Crippen LogP contribution in [-0.4, -0.2) is 15.7 Å². The van der Waals surface area contributed by atoms with Gasteiger partial charge >= 0.3 is 6.18 Å². The summed E-state index contributed by atoms with van der Waals surface area (Å²) in [6.45, 7) is 1.88. The standard InChI is InChI=1S/C18H14F3N3O/c1-12-9-10-24(23-12)16-7-5-15(6-8-16)22-17(25)13-3-2-4-14(11-13)18(19,20)21/h2-11H,1H3,(H,22,25). The van der Waals surface area contributed by atoms with Gasteiger partial charge in [-0.1, -0.05) is 6.07 Å². The van der Waals surface area contributed by atoms with E-state index in [1.165, 1.54) is 12.1 Å². The maximum atomic E-state index is 12.7. The van der Waals surface area contributed by atoms with E-state index in [1.807, 2.05) is 19.2 Å². The first-order chi connectivity index (χ1) is 11.8. The van der Waals surface area contributed by atoms with Crippen molar-refractivity contribution in [3.05, 3.63) is 77.6 Å². The number of rotatable bonds is 3. The highest BCUT2D eigenvalue weighted by Crippen LogP contribution is 2.29. The van der Waals surface area contributed by atoms with Gasteiger partial charge in [-0.15, -0.1) is 0 Å². The number of anilines is 1. The van der Waals surface area contributed by atoms with Crippen molar-refractivity contribution in [2.24, 2.45) is 0 Å². The molecule has 7 heteroatoms. The van der Waals surface area contributed by atoms with Gasteiger partial charge in [0.05, 0.1) is 16.9 Å². The second kappa shape index (κ2) is 6.43. The van der Waals surface area contributed by atoms with Gasteiger partial charge in [-0.2, -0.15) is 18.3 Å². The Hall–Kier alpha value is -3.09. The molecule has 0 radical (unpaired) electrons. The molecule has 2 aromatic carbocycles. The fraction of sp³-hybridized carbons (Fsp3) is 0.111. The first kappa shape index (κ1) is 16.8. The molecule has 1 aromatic heterocycles. The molecule has 4 nitrogen and oxygen atoms in total. The number of halogens is 3. The maximum Gasteiger partial charge on any atom is 0.416 e. The second-order valence-corrected chi connectivity index (χ2v) is 5.48. The Balaban J connectivity index is 1.75. The lowest BCUT2D eigenvalue weighted by Crippen LogP contribution is -2.14. The molecule has 0 bridgehead atoms. The summed E-state index contributed by atoms with van der Waals surface area (Å²) in [5, 5.41) is 6.86. The number of aryl methyl sites for hydroxylation is 1. The molecule has 0 saturated carbocycles. The van der Waals surface area contributed by atoms with Gasteiger partial charge in [0.25, 0.3) is 5.91 Å². The molecule has 3 aromatic rings. The molecule has 1 heterocycles. The molecule has 0 aliphatic heterocycles. The molecule has 0 saturated heterocycles. The number of alkyl halides is 3. The summed E-state index contributed by atoms with van der Waals surface area (Å²) in [5.41, 5.74) is 1.26. The molecule has 128 valence electrons. The van der Waals surface area contributed by atoms with Gasteiger partial charge in [-0.05, 0) is 55.5 Å². The molecule has 3 rings (SSSR count). The van der Waals surface area contributed by atoms with E-state index >= 15 is 0 Å². The van der Waals surface area contributed by atoms with Gasteiger partial charge in [0.2, 0.25) is 0 Å². The normalized spacial score (nSPS) is 11.4. The topological polar surface area (TPSA) is 46.9 Å². The predicted octanol–water partition coefficient (Wildman–Crippen LogP) is 4.45. The number of carbonyl (C=O) groups excluding carboxylic acids is 1. The third-order valence-electron chi connectivity index (χ3n) is 3.56. The van der Waals surface area contributed by atoms with Crippen LogP contribution >= 0.6 is 0 Å². The van der Waals surface area contributed by atoms with Crippen LogP contribution in [0.15, 0.2) is 60.8 Å². The number of hydrogen-bond donors (Lipinski definition) is 1. The monoisotopic (exact) mass is 345 g/mol. The summed E-state index contributed by atoms with van der Waals surface area (Å²) in [6, 6.07) is 13.0. The summed E-state index contributed by atoms with van der Waals surface area (Å²) >= 11 is 0. The van der Waals surface area contributed by atoms with Crippen LogP contribution in [0.4, 0.5) is 18.9 Å². The summed E-state index contributed by atoms with van der Waals surface area (Å²) in [5.74, 6) is -0.603. The molecule has 25 heavy (non-hydrogen) atoms. The molecular formula is C18H14F3N3O. The molecule has 0 aliphatic rings. The van der Waals surface area contributed by atoms with Gasteiger partial charge in [0.15, 0.2) is 0 Å². The minimum Gasteiger partial charge on any atom is -0.322 e. The number of nitrogens with one attached hydrogen (secondary N) is 1. The van der Waals surface area contributed by atoms with Crippen LogP contribution in [0.2, 0.25) is 0 Å². The molecule has 0 atom stereocenters. The fourth-order valence-corrected chi connectivity index (χ4v) is 2.30. The van der Waals surface area contributed by atoms with Crippen LogP contribution in [0, 0.1) is 6.92 Å². The summed E-state index contributed by atoms with van der Waals surface area (Å²) in [4.78, 5) is 12.2. The quantitative estimate of drug-likeness (QED) is 0.762. The van der Waals surface area contributed by atoms with Gasteiger partial charge in [-0.3, -0.25) is 4.79 Å². The van der Waals surface area contributed by atoms with E-state index in [1.54, 1.807) is 28.9 Å². The van der Waals surface area contributed by atoms with Crippen LogP contribution in [0.3, 0.4) is 0 Å². The van der Waals surface area contributed by atoms with Crippen molar-refractivity contribution in [2.45, 2.75) is 13.1 Å². The number of carbonyl (C=O) groups is 1. The third-order valence-corrected chi connectivity index (χ3v) is 3.56. The Morgan fingerprint density at radius 2 is 1.80 bits per heavy atom. The Morgan fingerprint density at radius 3 is 2.40 bits per heavy atom. The Kier molecular flexibility index (Phi) is 4.31. The minimum absolute atomic E-state index is 0.0541. The number of nitrogens with zero attached hydrogens (tertiary/aromatic N) is 2. The van der Waals surface area contributed by atoms with E-state index in [2.05, 4.69) is 10.4 Å². The van der Waals surface area contributed by atoms with Crippen LogP contribution in [0.25, 0.3) is 5.69 Å². The zero-order chi connectivity index (χ0) is 18.0. The van der Waals surface area contributed by atoms with E-state index in [4.69, 9.17) is 0 Å². The van der Waals surface area contributed by atoms with Crippen LogP contribution < -0.4 is 5.32 Å². The average molecular weight is 345 g/mol. The van der Waals surface area contributed by atoms with E-state index < -0.39 is 17.6 Å². The van der Waals surface area contributed by atoms with Gasteiger partial charge in [0.1, 0.15) is 0 Å². The van der Waals surface area contributed by atoms with Crippen molar-refractivity contribution in [3.8, 4) is 5.69 Å². The van der Waals surface area contributed by atoms with Crippen molar-refractivity contribution in [1.82, 2.24) is 9.78 Å². The third kappa shape index (κ3) is 3.88. The van der Waals surface area contributed by atoms with Gasteiger partial charge in [-0.25, -0.2) is 4.68 Å². The van der Waals surface area contributed by atoms with Crippen molar-refractivity contribution in [1.29, 1.82) is 0 Å². The average Bonchev–Trinajstić information content (AvgIpc) is 3.01. The van der Waals surface area contributed by atoms with Crippen LogP contribution in [0.5, 0.6) is 0 Å². The SMILES string of the molecule is Cc1ccn(-c2ccc(NC(=O)c3cccc(C(F)(F)F)c3)cc2)n1. The number of amides is 1. The first-order valence-electron chi connectivity index (χ1n) is 7.44. The number of aromatic nitrogens is 2. The second-order valence-electron chi connectivity index (χ2n) is 5.48. The first-order valence-corrected chi connectivity index (χ1v) is 7.44. The molecule has 1 N–H and O–H groups in total. The van der Waals surface area contributed by atoms with Crippen molar-refractivity contribution < 1.29 is 18.0 Å². The molecule has 0 aliphatic carbocycles. The largest absolute Gasteiger partial charge is 0.416 e. The van der Waals surface area contributed by atoms with E-state index in [-0.39, 0.29) is 5.56 Å². The lowest BCUT2D eigenvalue weighted by atomic mass is 10.1. The Morgan fingerprint density at radius 1 is 1.08 bits per heavy atom.